The van der Waals surface area contributed by atoms with Crippen molar-refractivity contribution in [1.29, 1.82) is 0 Å². The molecule has 1 aliphatic rings. The lowest BCUT2D eigenvalue weighted by atomic mass is 10.2. The molecule has 4 heterocycles. The molecule has 1 aliphatic heterocycles. The minimum absolute atomic E-state index is 0.209. The molecular formula is C15H19N9O. The van der Waals surface area contributed by atoms with E-state index in [0.717, 1.165) is 31.0 Å². The van der Waals surface area contributed by atoms with Gasteiger partial charge in [0.05, 0.1) is 6.20 Å². The Balaban J connectivity index is 1.50. The molecule has 3 aromatic rings. The van der Waals surface area contributed by atoms with Gasteiger partial charge in [-0.15, -0.1) is 0 Å². The van der Waals surface area contributed by atoms with Crippen LogP contribution in [0.5, 0.6) is 0 Å². The Morgan fingerprint density at radius 3 is 3.20 bits per heavy atom. The first-order valence-corrected chi connectivity index (χ1v) is 8.18. The summed E-state index contributed by atoms with van der Waals surface area (Å²) in [6.45, 7) is 1.59. The molecule has 4 rings (SSSR count). The Hall–Kier alpha value is -3.17. The van der Waals surface area contributed by atoms with Gasteiger partial charge in [0.15, 0.2) is 5.65 Å². The monoisotopic (exact) mass is 341 g/mol. The third-order valence-electron chi connectivity index (χ3n) is 4.40. The molecule has 3 aromatic heterocycles. The van der Waals surface area contributed by atoms with E-state index in [0.29, 0.717) is 23.5 Å². The van der Waals surface area contributed by atoms with E-state index in [1.807, 2.05) is 13.1 Å². The molecule has 4 N–H and O–H groups in total. The van der Waals surface area contributed by atoms with E-state index in [2.05, 4.69) is 45.7 Å². The van der Waals surface area contributed by atoms with Gasteiger partial charge in [-0.1, -0.05) is 0 Å². The van der Waals surface area contributed by atoms with Gasteiger partial charge in [-0.3, -0.25) is 14.9 Å². The van der Waals surface area contributed by atoms with Crippen molar-refractivity contribution in [2.75, 3.05) is 35.7 Å². The molecule has 25 heavy (non-hydrogen) atoms. The average Bonchev–Trinajstić information content (AvgIpc) is 3.29. The number of nitrogens with one attached hydrogen (secondary N) is 4. The maximum atomic E-state index is 12.0. The average molecular weight is 341 g/mol. The van der Waals surface area contributed by atoms with Crippen molar-refractivity contribution in [2.45, 2.75) is 18.9 Å². The van der Waals surface area contributed by atoms with Crippen LogP contribution in [0.25, 0.3) is 11.0 Å². The molecule has 1 atom stereocenters. The van der Waals surface area contributed by atoms with Gasteiger partial charge in [0.2, 0.25) is 5.95 Å². The third-order valence-corrected chi connectivity index (χ3v) is 4.40. The molecule has 0 amide bonds. The quantitative estimate of drug-likeness (QED) is 0.530. The second-order valence-electron chi connectivity index (χ2n) is 5.93. The number of rotatable bonds is 5. The fourth-order valence-corrected chi connectivity index (χ4v) is 3.13. The molecule has 0 saturated carbocycles. The molecule has 0 aromatic carbocycles. The summed E-state index contributed by atoms with van der Waals surface area (Å²) < 4.78 is 0. The molecular weight excluding hydrogens is 322 g/mol. The number of hydrogen-bond acceptors (Lipinski definition) is 8. The minimum atomic E-state index is -0.209. The highest BCUT2D eigenvalue weighted by molar-refractivity contribution is 5.73. The first kappa shape index (κ1) is 15.4. The van der Waals surface area contributed by atoms with Gasteiger partial charge in [-0.2, -0.15) is 10.1 Å². The molecule has 0 bridgehead atoms. The van der Waals surface area contributed by atoms with Crippen molar-refractivity contribution < 1.29 is 0 Å². The predicted molar refractivity (Wildman–Crippen MR) is 94.9 cm³/mol. The van der Waals surface area contributed by atoms with E-state index in [1.54, 1.807) is 6.33 Å². The van der Waals surface area contributed by atoms with E-state index in [1.165, 1.54) is 6.20 Å². The van der Waals surface area contributed by atoms with Gasteiger partial charge < -0.3 is 15.5 Å². The molecule has 10 heteroatoms. The maximum absolute atomic E-state index is 12.0. The SMILES string of the molecule is CNc1cc(N2CCCC2CNc2nc3[nH]ncc3c(=O)[nH]2)ncn1. The van der Waals surface area contributed by atoms with E-state index in [-0.39, 0.29) is 11.6 Å². The molecule has 0 spiro atoms. The number of H-pyrrole nitrogens is 2. The second-order valence-corrected chi connectivity index (χ2v) is 5.93. The van der Waals surface area contributed by atoms with Crippen LogP contribution in [0.4, 0.5) is 17.6 Å². The highest BCUT2D eigenvalue weighted by Gasteiger charge is 2.26. The van der Waals surface area contributed by atoms with Crippen molar-refractivity contribution >= 4 is 28.6 Å². The topological polar surface area (TPSA) is 128 Å². The summed E-state index contributed by atoms with van der Waals surface area (Å²) in [6, 6.07) is 2.21. The van der Waals surface area contributed by atoms with Gasteiger partial charge in [-0.05, 0) is 12.8 Å². The van der Waals surface area contributed by atoms with Crippen molar-refractivity contribution in [1.82, 2.24) is 30.1 Å². The molecule has 0 aliphatic carbocycles. The van der Waals surface area contributed by atoms with Crippen LogP contribution < -0.4 is 21.1 Å². The van der Waals surface area contributed by atoms with Crippen molar-refractivity contribution in [3.8, 4) is 0 Å². The summed E-state index contributed by atoms with van der Waals surface area (Å²) in [5, 5.41) is 13.3. The van der Waals surface area contributed by atoms with Gasteiger partial charge in [-0.25, -0.2) is 9.97 Å². The van der Waals surface area contributed by atoms with Crippen LogP contribution in [-0.4, -0.2) is 56.3 Å². The largest absolute Gasteiger partial charge is 0.373 e. The summed E-state index contributed by atoms with van der Waals surface area (Å²) in [5.41, 5.74) is 0.267. The highest BCUT2D eigenvalue weighted by Crippen LogP contribution is 2.24. The molecule has 10 nitrogen and oxygen atoms in total. The van der Waals surface area contributed by atoms with Crippen LogP contribution >= 0.6 is 0 Å². The Morgan fingerprint density at radius 2 is 2.32 bits per heavy atom. The second kappa shape index (κ2) is 6.38. The van der Waals surface area contributed by atoms with E-state index in [9.17, 15) is 4.79 Å². The van der Waals surface area contributed by atoms with E-state index < -0.39 is 0 Å². The summed E-state index contributed by atoms with van der Waals surface area (Å²) in [7, 11) is 1.84. The third kappa shape index (κ3) is 2.97. The van der Waals surface area contributed by atoms with Gasteiger partial charge in [0.1, 0.15) is 23.3 Å². The molecule has 1 saturated heterocycles. The summed E-state index contributed by atoms with van der Waals surface area (Å²) in [4.78, 5) is 29.9. The number of anilines is 3. The van der Waals surface area contributed by atoms with E-state index >= 15 is 0 Å². The van der Waals surface area contributed by atoms with Crippen LogP contribution in [0.1, 0.15) is 12.8 Å². The van der Waals surface area contributed by atoms with Crippen molar-refractivity contribution in [2.24, 2.45) is 0 Å². The first-order chi connectivity index (χ1) is 12.2. The van der Waals surface area contributed by atoms with Gasteiger partial charge >= 0.3 is 0 Å². The summed E-state index contributed by atoms with van der Waals surface area (Å²) in [5.74, 6) is 2.13. The minimum Gasteiger partial charge on any atom is -0.373 e. The number of hydrogen-bond donors (Lipinski definition) is 4. The lowest BCUT2D eigenvalue weighted by Crippen LogP contribution is -2.36. The van der Waals surface area contributed by atoms with E-state index in [4.69, 9.17) is 0 Å². The molecule has 1 fully saturated rings. The number of aromatic nitrogens is 6. The van der Waals surface area contributed by atoms with Crippen LogP contribution in [0.15, 0.2) is 23.4 Å². The zero-order valence-electron chi connectivity index (χ0n) is 13.8. The smallest absolute Gasteiger partial charge is 0.263 e. The fourth-order valence-electron chi connectivity index (χ4n) is 3.13. The van der Waals surface area contributed by atoms with Crippen molar-refractivity contribution in [3.63, 3.8) is 0 Å². The zero-order valence-corrected chi connectivity index (χ0v) is 13.8. The number of aromatic amines is 2. The molecule has 0 radical (unpaired) electrons. The van der Waals surface area contributed by atoms with Crippen LogP contribution in [0.2, 0.25) is 0 Å². The lowest BCUT2D eigenvalue weighted by molar-refractivity contribution is 0.687. The first-order valence-electron chi connectivity index (χ1n) is 8.18. The highest BCUT2D eigenvalue weighted by atomic mass is 16.1. The van der Waals surface area contributed by atoms with Gasteiger partial charge in [0.25, 0.3) is 5.56 Å². The van der Waals surface area contributed by atoms with Crippen LogP contribution in [0.3, 0.4) is 0 Å². The lowest BCUT2D eigenvalue weighted by Gasteiger charge is -2.26. The zero-order chi connectivity index (χ0) is 17.2. The molecule has 1 unspecified atom stereocenters. The fraction of sp³-hybridized carbons (Fsp3) is 0.400. The van der Waals surface area contributed by atoms with Gasteiger partial charge in [0, 0.05) is 32.2 Å². The molecule has 130 valence electrons. The van der Waals surface area contributed by atoms with Crippen LogP contribution in [-0.2, 0) is 0 Å². The summed E-state index contributed by atoms with van der Waals surface area (Å²) >= 11 is 0. The Bertz CT molecular complexity index is 934. The maximum Gasteiger partial charge on any atom is 0.263 e. The number of fused-ring (bicyclic) bond motifs is 1. The number of nitrogens with zero attached hydrogens (tertiary/aromatic N) is 5. The van der Waals surface area contributed by atoms with Crippen LogP contribution in [0, 0.1) is 0 Å². The Kier molecular flexibility index (Phi) is 3.92. The predicted octanol–water partition coefficient (Wildman–Crippen LogP) is 0.559. The normalized spacial score (nSPS) is 17.2. The summed E-state index contributed by atoms with van der Waals surface area (Å²) in [6.07, 6.45) is 5.17. The Morgan fingerprint density at radius 1 is 1.40 bits per heavy atom. The standard InChI is InChI=1S/C15H19N9O/c1-16-11-5-12(19-8-18-11)24-4-2-3-9(24)6-17-15-21-13-10(7-20-23-13)14(25)22-15/h5,7-9H,2-4,6H2,1H3,(H,16,18,19)(H3,17,20,21,22,23,25). The van der Waals surface area contributed by atoms with Crippen molar-refractivity contribution in [3.05, 3.63) is 28.9 Å². The Labute approximate surface area is 143 Å².